The number of nitrogens with one attached hydrogen (secondary N) is 2. The van der Waals surface area contributed by atoms with Crippen molar-refractivity contribution in [3.8, 4) is 0 Å². The van der Waals surface area contributed by atoms with E-state index in [4.69, 9.17) is 0 Å². The number of rotatable bonds is 4. The number of hydrogen-bond acceptors (Lipinski definition) is 4. The Kier molecular flexibility index (Phi) is 6.26. The van der Waals surface area contributed by atoms with E-state index in [2.05, 4.69) is 10.6 Å². The minimum atomic E-state index is -3.06. The van der Waals surface area contributed by atoms with Gasteiger partial charge in [0.15, 0.2) is 9.84 Å². The molecule has 23 heavy (non-hydrogen) atoms. The van der Waals surface area contributed by atoms with Crippen LogP contribution in [-0.4, -0.2) is 62.4 Å². The van der Waals surface area contributed by atoms with Crippen molar-refractivity contribution in [1.82, 2.24) is 15.5 Å². The Labute approximate surface area is 138 Å². The Bertz CT molecular complexity index is 529. The molecule has 1 saturated heterocycles. The maximum atomic E-state index is 12.2. The molecule has 1 saturated carbocycles. The molecule has 2 aliphatic rings. The molecule has 1 aliphatic carbocycles. The monoisotopic (exact) mass is 345 g/mol. The number of hydrogen-bond donors (Lipinski definition) is 2. The van der Waals surface area contributed by atoms with Crippen LogP contribution >= 0.6 is 0 Å². The van der Waals surface area contributed by atoms with E-state index in [0.717, 1.165) is 12.8 Å². The van der Waals surface area contributed by atoms with E-state index in [1.54, 1.807) is 4.90 Å². The predicted octanol–water partition coefficient (Wildman–Crippen LogP) is 0.511. The van der Waals surface area contributed by atoms with Crippen molar-refractivity contribution in [3.63, 3.8) is 0 Å². The van der Waals surface area contributed by atoms with E-state index in [9.17, 15) is 18.0 Å². The first-order valence-electron chi connectivity index (χ1n) is 8.39. The summed E-state index contributed by atoms with van der Waals surface area (Å²) in [6, 6.07) is -0.455. The van der Waals surface area contributed by atoms with Gasteiger partial charge in [-0.05, 0) is 32.1 Å². The van der Waals surface area contributed by atoms with Crippen LogP contribution in [0, 0.1) is 5.92 Å². The molecule has 0 aromatic carbocycles. The number of urea groups is 1. The summed E-state index contributed by atoms with van der Waals surface area (Å²) in [5.74, 6) is 0.433. The summed E-state index contributed by atoms with van der Waals surface area (Å²) in [5, 5.41) is 5.38. The zero-order valence-corrected chi connectivity index (χ0v) is 14.5. The smallest absolute Gasteiger partial charge is 0.315 e. The minimum absolute atomic E-state index is 0.00302. The van der Waals surface area contributed by atoms with Crippen LogP contribution in [0.1, 0.15) is 39.0 Å². The zero-order valence-electron chi connectivity index (χ0n) is 13.7. The molecule has 0 aromatic rings. The lowest BCUT2D eigenvalue weighted by atomic mass is 10.1. The number of nitrogens with zero attached hydrogens (tertiary/aromatic N) is 1. The van der Waals surface area contributed by atoms with Crippen LogP contribution in [0.15, 0.2) is 0 Å². The van der Waals surface area contributed by atoms with Crippen molar-refractivity contribution in [2.45, 2.75) is 45.1 Å². The normalized spacial score (nSPS) is 24.9. The molecule has 1 aliphatic heterocycles. The van der Waals surface area contributed by atoms with Gasteiger partial charge in [-0.1, -0.05) is 12.8 Å². The van der Waals surface area contributed by atoms with Gasteiger partial charge in [0.25, 0.3) is 0 Å². The summed E-state index contributed by atoms with van der Waals surface area (Å²) >= 11 is 0. The van der Waals surface area contributed by atoms with E-state index in [-0.39, 0.29) is 42.6 Å². The molecule has 0 radical (unpaired) electrons. The van der Waals surface area contributed by atoms with Gasteiger partial charge in [-0.2, -0.15) is 0 Å². The molecule has 0 aromatic heterocycles. The molecule has 0 spiro atoms. The molecular weight excluding hydrogens is 318 g/mol. The number of amides is 3. The summed E-state index contributed by atoms with van der Waals surface area (Å²) in [6.07, 6.45) is 5.20. The molecular formula is C15H27N3O4S. The summed E-state index contributed by atoms with van der Waals surface area (Å²) < 4.78 is 23.3. The third-order valence-corrected chi connectivity index (χ3v) is 6.43. The van der Waals surface area contributed by atoms with Crippen LogP contribution in [-0.2, 0) is 14.6 Å². The summed E-state index contributed by atoms with van der Waals surface area (Å²) in [6.45, 7) is 2.60. The standard InChI is InChI=1S/C15H27N3O4S/c1-12-6-8-23(21,22)9-7-18(12)14(19)11-17-15(20)16-10-13-4-2-3-5-13/h12-13H,2-11H2,1H3,(H2,16,17,20)/t12-/m1/s1. The quantitative estimate of drug-likeness (QED) is 0.776. The number of sulfone groups is 1. The van der Waals surface area contributed by atoms with Crippen LogP contribution in [0.25, 0.3) is 0 Å². The fourth-order valence-corrected chi connectivity index (χ4v) is 4.59. The van der Waals surface area contributed by atoms with E-state index in [0.29, 0.717) is 18.9 Å². The second-order valence-electron chi connectivity index (χ2n) is 6.59. The first kappa shape index (κ1) is 18.0. The first-order valence-corrected chi connectivity index (χ1v) is 10.2. The maximum absolute atomic E-state index is 12.2. The lowest BCUT2D eigenvalue weighted by Crippen LogP contribution is -2.47. The average Bonchev–Trinajstić information content (AvgIpc) is 2.97. The van der Waals surface area contributed by atoms with Gasteiger partial charge in [0.05, 0.1) is 18.1 Å². The highest BCUT2D eigenvalue weighted by Gasteiger charge is 2.27. The van der Waals surface area contributed by atoms with Gasteiger partial charge in [-0.3, -0.25) is 4.79 Å². The van der Waals surface area contributed by atoms with Gasteiger partial charge in [0, 0.05) is 19.1 Å². The fourth-order valence-electron chi connectivity index (χ4n) is 3.21. The van der Waals surface area contributed by atoms with Gasteiger partial charge in [-0.15, -0.1) is 0 Å². The van der Waals surface area contributed by atoms with Gasteiger partial charge >= 0.3 is 6.03 Å². The molecule has 7 nitrogen and oxygen atoms in total. The van der Waals surface area contributed by atoms with Gasteiger partial charge in [-0.25, -0.2) is 13.2 Å². The van der Waals surface area contributed by atoms with Crippen LogP contribution < -0.4 is 10.6 Å². The predicted molar refractivity (Wildman–Crippen MR) is 87.8 cm³/mol. The molecule has 2 fully saturated rings. The topological polar surface area (TPSA) is 95.6 Å². The van der Waals surface area contributed by atoms with Crippen molar-refractivity contribution >= 4 is 21.8 Å². The van der Waals surface area contributed by atoms with Crippen molar-refractivity contribution < 1.29 is 18.0 Å². The van der Waals surface area contributed by atoms with E-state index < -0.39 is 9.84 Å². The molecule has 1 atom stereocenters. The SMILES string of the molecule is C[C@@H]1CCS(=O)(=O)CCN1C(=O)CNC(=O)NCC1CCCC1. The van der Waals surface area contributed by atoms with Crippen LogP contribution in [0.4, 0.5) is 4.79 Å². The Balaban J connectivity index is 1.73. The highest BCUT2D eigenvalue weighted by molar-refractivity contribution is 7.91. The summed E-state index contributed by atoms with van der Waals surface area (Å²) in [7, 11) is -3.06. The van der Waals surface area contributed by atoms with Crippen LogP contribution in [0.3, 0.4) is 0 Å². The largest absolute Gasteiger partial charge is 0.338 e. The molecule has 2 rings (SSSR count). The fraction of sp³-hybridized carbons (Fsp3) is 0.867. The van der Waals surface area contributed by atoms with Crippen LogP contribution in [0.5, 0.6) is 0 Å². The van der Waals surface area contributed by atoms with E-state index >= 15 is 0 Å². The molecule has 3 amide bonds. The Morgan fingerprint density at radius 1 is 1.09 bits per heavy atom. The van der Waals surface area contributed by atoms with E-state index in [1.807, 2.05) is 6.92 Å². The molecule has 0 unspecified atom stereocenters. The Morgan fingerprint density at radius 3 is 2.48 bits per heavy atom. The zero-order chi connectivity index (χ0) is 16.9. The van der Waals surface area contributed by atoms with Gasteiger partial charge in [0.2, 0.25) is 5.91 Å². The Morgan fingerprint density at radius 2 is 1.78 bits per heavy atom. The molecule has 8 heteroatoms. The van der Waals surface area contributed by atoms with Crippen molar-refractivity contribution in [1.29, 1.82) is 0 Å². The lowest BCUT2D eigenvalue weighted by molar-refractivity contribution is -0.131. The molecule has 1 heterocycles. The highest BCUT2D eigenvalue weighted by atomic mass is 32.2. The summed E-state index contributed by atoms with van der Waals surface area (Å²) in [5.41, 5.74) is 0. The first-order chi connectivity index (χ1) is 10.9. The van der Waals surface area contributed by atoms with Gasteiger partial charge < -0.3 is 15.5 Å². The molecule has 0 bridgehead atoms. The third-order valence-electron chi connectivity index (χ3n) is 4.77. The molecule has 2 N–H and O–H groups in total. The third kappa shape index (κ3) is 5.67. The second-order valence-corrected chi connectivity index (χ2v) is 8.89. The van der Waals surface area contributed by atoms with E-state index in [1.165, 1.54) is 12.8 Å². The van der Waals surface area contributed by atoms with Crippen LogP contribution in [0.2, 0.25) is 0 Å². The van der Waals surface area contributed by atoms with Crippen molar-refractivity contribution in [2.24, 2.45) is 5.92 Å². The minimum Gasteiger partial charge on any atom is -0.338 e. The number of carbonyl (C=O) groups excluding carboxylic acids is 2. The van der Waals surface area contributed by atoms with Gasteiger partial charge in [0.1, 0.15) is 0 Å². The highest BCUT2D eigenvalue weighted by Crippen LogP contribution is 2.23. The average molecular weight is 345 g/mol. The maximum Gasteiger partial charge on any atom is 0.315 e. The number of carbonyl (C=O) groups is 2. The molecule has 132 valence electrons. The van der Waals surface area contributed by atoms with Crippen molar-refractivity contribution in [3.05, 3.63) is 0 Å². The summed E-state index contributed by atoms with van der Waals surface area (Å²) in [4.78, 5) is 25.5. The second kappa shape index (κ2) is 7.99. The van der Waals surface area contributed by atoms with Crippen molar-refractivity contribution in [2.75, 3.05) is 31.1 Å². The Hall–Kier alpha value is -1.31. The lowest BCUT2D eigenvalue weighted by Gasteiger charge is -2.26.